The van der Waals surface area contributed by atoms with Crippen molar-refractivity contribution in [1.29, 1.82) is 0 Å². The highest BCUT2D eigenvalue weighted by Gasteiger charge is 2.21. The molecular weight excluding hydrogens is 270 g/mol. The zero-order valence-corrected chi connectivity index (χ0v) is 12.3. The van der Waals surface area contributed by atoms with Crippen molar-refractivity contribution in [3.63, 3.8) is 0 Å². The van der Waals surface area contributed by atoms with Crippen molar-refractivity contribution in [2.45, 2.75) is 25.0 Å². The second kappa shape index (κ2) is 6.43. The van der Waals surface area contributed by atoms with Crippen molar-refractivity contribution in [1.82, 2.24) is 15.0 Å². The maximum absolute atomic E-state index is 5.93. The van der Waals surface area contributed by atoms with E-state index < -0.39 is 0 Å². The highest BCUT2D eigenvalue weighted by Crippen LogP contribution is 2.24. The molecule has 0 aromatic carbocycles. The van der Waals surface area contributed by atoms with E-state index in [0.717, 1.165) is 24.9 Å². The monoisotopic (exact) mass is 287 g/mol. The van der Waals surface area contributed by atoms with Gasteiger partial charge in [-0.3, -0.25) is 0 Å². The SMILES string of the molecule is CCNc1nc(Cl)nc(N2CCC(SC)CC2)n1. The van der Waals surface area contributed by atoms with Crippen molar-refractivity contribution in [2.75, 3.05) is 36.1 Å². The third kappa shape index (κ3) is 3.38. The minimum Gasteiger partial charge on any atom is -0.354 e. The minimum absolute atomic E-state index is 0.253. The maximum atomic E-state index is 5.93. The molecule has 1 N–H and O–H groups in total. The summed E-state index contributed by atoms with van der Waals surface area (Å²) in [6.07, 6.45) is 4.51. The van der Waals surface area contributed by atoms with E-state index in [1.165, 1.54) is 12.8 Å². The third-order valence-electron chi connectivity index (χ3n) is 2.99. The van der Waals surface area contributed by atoms with Gasteiger partial charge in [-0.05, 0) is 37.6 Å². The average Bonchev–Trinajstić information content (AvgIpc) is 2.38. The summed E-state index contributed by atoms with van der Waals surface area (Å²) in [5.74, 6) is 1.24. The number of aromatic nitrogens is 3. The van der Waals surface area contributed by atoms with E-state index in [1.54, 1.807) is 0 Å². The zero-order chi connectivity index (χ0) is 13.0. The van der Waals surface area contributed by atoms with Crippen LogP contribution in [-0.4, -0.2) is 46.1 Å². The van der Waals surface area contributed by atoms with Crippen LogP contribution in [0.15, 0.2) is 0 Å². The van der Waals surface area contributed by atoms with E-state index in [0.29, 0.717) is 11.9 Å². The highest BCUT2D eigenvalue weighted by atomic mass is 35.5. The smallest absolute Gasteiger partial charge is 0.231 e. The van der Waals surface area contributed by atoms with Crippen LogP contribution in [0.1, 0.15) is 19.8 Å². The van der Waals surface area contributed by atoms with Crippen LogP contribution in [0, 0.1) is 0 Å². The topological polar surface area (TPSA) is 53.9 Å². The summed E-state index contributed by atoms with van der Waals surface area (Å²) in [6.45, 7) is 4.74. The van der Waals surface area contributed by atoms with Crippen molar-refractivity contribution >= 4 is 35.3 Å². The molecule has 0 aliphatic carbocycles. The molecule has 2 rings (SSSR count). The normalized spacial score (nSPS) is 16.9. The van der Waals surface area contributed by atoms with Gasteiger partial charge in [0.25, 0.3) is 0 Å². The number of nitrogens with one attached hydrogen (secondary N) is 1. The molecule has 1 aliphatic rings. The molecule has 0 saturated carbocycles. The molecule has 100 valence electrons. The van der Waals surface area contributed by atoms with Crippen LogP contribution in [0.2, 0.25) is 5.28 Å². The van der Waals surface area contributed by atoms with Crippen molar-refractivity contribution in [2.24, 2.45) is 0 Å². The quantitative estimate of drug-likeness (QED) is 0.917. The Kier molecular flexibility index (Phi) is 4.88. The van der Waals surface area contributed by atoms with Gasteiger partial charge in [0, 0.05) is 24.9 Å². The molecule has 0 unspecified atom stereocenters. The Bertz CT molecular complexity index is 395. The molecule has 0 radical (unpaired) electrons. The number of hydrogen-bond acceptors (Lipinski definition) is 6. The van der Waals surface area contributed by atoms with E-state index in [9.17, 15) is 0 Å². The van der Waals surface area contributed by atoms with Crippen LogP contribution in [0.4, 0.5) is 11.9 Å². The molecule has 2 heterocycles. The molecule has 0 bridgehead atoms. The number of piperidine rings is 1. The Balaban J connectivity index is 2.08. The van der Waals surface area contributed by atoms with Crippen molar-refractivity contribution in [3.05, 3.63) is 5.28 Å². The first-order valence-corrected chi connectivity index (χ1v) is 7.82. The number of thioether (sulfide) groups is 1. The molecule has 1 aliphatic heterocycles. The van der Waals surface area contributed by atoms with Gasteiger partial charge in [0.15, 0.2) is 0 Å². The van der Waals surface area contributed by atoms with Crippen LogP contribution in [0.3, 0.4) is 0 Å². The van der Waals surface area contributed by atoms with Gasteiger partial charge in [-0.15, -0.1) is 0 Å². The van der Waals surface area contributed by atoms with E-state index in [2.05, 4.69) is 31.4 Å². The van der Waals surface area contributed by atoms with Crippen molar-refractivity contribution in [3.8, 4) is 0 Å². The lowest BCUT2D eigenvalue weighted by molar-refractivity contribution is 0.580. The Morgan fingerprint density at radius 1 is 1.33 bits per heavy atom. The number of nitrogens with zero attached hydrogens (tertiary/aromatic N) is 4. The highest BCUT2D eigenvalue weighted by molar-refractivity contribution is 7.99. The fraction of sp³-hybridized carbons (Fsp3) is 0.727. The lowest BCUT2D eigenvalue weighted by Gasteiger charge is -2.31. The number of hydrogen-bond donors (Lipinski definition) is 1. The molecule has 0 atom stereocenters. The second-order valence-electron chi connectivity index (χ2n) is 4.18. The minimum atomic E-state index is 0.253. The molecule has 5 nitrogen and oxygen atoms in total. The second-order valence-corrected chi connectivity index (χ2v) is 5.66. The molecule has 18 heavy (non-hydrogen) atoms. The summed E-state index contributed by atoms with van der Waals surface area (Å²) < 4.78 is 0. The predicted molar refractivity (Wildman–Crippen MR) is 77.8 cm³/mol. The van der Waals surface area contributed by atoms with Gasteiger partial charge in [0.2, 0.25) is 17.2 Å². The summed E-state index contributed by atoms with van der Waals surface area (Å²) in [5.41, 5.74) is 0. The van der Waals surface area contributed by atoms with Crippen LogP contribution in [0.5, 0.6) is 0 Å². The number of rotatable bonds is 4. The van der Waals surface area contributed by atoms with Gasteiger partial charge < -0.3 is 10.2 Å². The standard InChI is InChI=1S/C11H18ClN5S/c1-3-13-10-14-9(12)15-11(16-10)17-6-4-8(18-2)5-7-17/h8H,3-7H2,1-2H3,(H,13,14,15,16). The maximum Gasteiger partial charge on any atom is 0.231 e. The Morgan fingerprint density at radius 2 is 2.06 bits per heavy atom. The molecule has 1 fully saturated rings. The fourth-order valence-electron chi connectivity index (χ4n) is 2.01. The third-order valence-corrected chi connectivity index (χ3v) is 4.30. The Labute approximate surface area is 117 Å². The van der Waals surface area contributed by atoms with Gasteiger partial charge in [0.05, 0.1) is 0 Å². The first-order valence-electron chi connectivity index (χ1n) is 6.16. The first kappa shape index (κ1) is 13.7. The van der Waals surface area contributed by atoms with E-state index in [1.807, 2.05) is 18.7 Å². The lowest BCUT2D eigenvalue weighted by atomic mass is 10.1. The van der Waals surface area contributed by atoms with Gasteiger partial charge in [-0.2, -0.15) is 26.7 Å². The van der Waals surface area contributed by atoms with E-state index in [4.69, 9.17) is 11.6 Å². The van der Waals surface area contributed by atoms with Crippen LogP contribution in [-0.2, 0) is 0 Å². The van der Waals surface area contributed by atoms with Gasteiger partial charge >= 0.3 is 0 Å². The van der Waals surface area contributed by atoms with Crippen LogP contribution < -0.4 is 10.2 Å². The zero-order valence-electron chi connectivity index (χ0n) is 10.7. The summed E-state index contributed by atoms with van der Waals surface area (Å²) in [4.78, 5) is 14.8. The van der Waals surface area contributed by atoms with E-state index >= 15 is 0 Å². The van der Waals surface area contributed by atoms with Crippen LogP contribution >= 0.6 is 23.4 Å². The molecular formula is C11H18ClN5S. The molecule has 1 aromatic heterocycles. The summed E-state index contributed by atoms with van der Waals surface area (Å²) >= 11 is 7.87. The summed E-state index contributed by atoms with van der Waals surface area (Å²) in [6, 6.07) is 0. The molecule has 0 amide bonds. The Morgan fingerprint density at radius 3 is 2.67 bits per heavy atom. The van der Waals surface area contributed by atoms with Gasteiger partial charge in [0.1, 0.15) is 0 Å². The first-order chi connectivity index (χ1) is 8.72. The summed E-state index contributed by atoms with van der Waals surface area (Å²) in [7, 11) is 0. The number of anilines is 2. The van der Waals surface area contributed by atoms with Gasteiger partial charge in [-0.1, -0.05) is 0 Å². The molecule has 7 heteroatoms. The fourth-order valence-corrected chi connectivity index (χ4v) is 2.85. The van der Waals surface area contributed by atoms with E-state index in [-0.39, 0.29) is 5.28 Å². The van der Waals surface area contributed by atoms with Crippen LogP contribution in [0.25, 0.3) is 0 Å². The van der Waals surface area contributed by atoms with Gasteiger partial charge in [-0.25, -0.2) is 0 Å². The number of halogens is 1. The lowest BCUT2D eigenvalue weighted by Crippen LogP contribution is -2.36. The average molecular weight is 288 g/mol. The molecule has 0 spiro atoms. The Hall–Kier alpha value is -0.750. The molecule has 1 aromatic rings. The largest absolute Gasteiger partial charge is 0.354 e. The van der Waals surface area contributed by atoms with Crippen molar-refractivity contribution < 1.29 is 0 Å². The molecule has 1 saturated heterocycles. The summed E-state index contributed by atoms with van der Waals surface area (Å²) in [5, 5.41) is 4.08. The predicted octanol–water partition coefficient (Wildman–Crippen LogP) is 2.29.